The molecule has 142 valence electrons. The van der Waals surface area contributed by atoms with Crippen LogP contribution in [-0.4, -0.2) is 25.3 Å². The largest absolute Gasteiger partial charge is 0.489 e. The first-order chi connectivity index (χ1) is 13.1. The van der Waals surface area contributed by atoms with Gasteiger partial charge in [-0.15, -0.1) is 0 Å². The molecule has 1 heterocycles. The lowest BCUT2D eigenvalue weighted by atomic mass is 10.1. The molecule has 2 aromatic carbocycles. The van der Waals surface area contributed by atoms with E-state index < -0.39 is 0 Å². The Kier molecular flexibility index (Phi) is 5.07. The highest BCUT2D eigenvalue weighted by Gasteiger charge is 2.39. The maximum Gasteiger partial charge on any atom is 0.315 e. The average molecular weight is 391 g/mol. The lowest BCUT2D eigenvalue weighted by Crippen LogP contribution is -2.36. The fraction of sp³-hybridized carbons (Fsp3) is 0.350. The summed E-state index contributed by atoms with van der Waals surface area (Å²) in [4.78, 5) is 12.2. The summed E-state index contributed by atoms with van der Waals surface area (Å²) in [6.45, 7) is 1.46. The predicted octanol–water partition coefficient (Wildman–Crippen LogP) is 4.00. The van der Waals surface area contributed by atoms with E-state index in [1.807, 2.05) is 12.1 Å². The van der Waals surface area contributed by atoms with E-state index in [0.717, 1.165) is 24.0 Å². The smallest absolute Gasteiger partial charge is 0.315 e. The van der Waals surface area contributed by atoms with Gasteiger partial charge in [-0.25, -0.2) is 9.18 Å². The molecule has 2 aliphatic rings. The third-order valence-electron chi connectivity index (χ3n) is 4.70. The van der Waals surface area contributed by atoms with Gasteiger partial charge in [0.05, 0.1) is 18.2 Å². The van der Waals surface area contributed by atoms with Gasteiger partial charge in [0, 0.05) is 24.9 Å². The Hall–Kier alpha value is -2.47. The van der Waals surface area contributed by atoms with Gasteiger partial charge in [-0.3, -0.25) is 0 Å². The molecule has 0 unspecified atom stereocenters. The van der Waals surface area contributed by atoms with Crippen molar-refractivity contribution >= 4 is 17.6 Å². The van der Waals surface area contributed by atoms with Crippen LogP contribution in [0.4, 0.5) is 9.18 Å². The number of rotatable bonds is 4. The molecule has 4 rings (SSSR count). The van der Waals surface area contributed by atoms with Crippen LogP contribution in [0.25, 0.3) is 0 Å². The first-order valence-corrected chi connectivity index (χ1v) is 9.36. The van der Waals surface area contributed by atoms with Crippen LogP contribution in [0, 0.1) is 5.82 Å². The minimum Gasteiger partial charge on any atom is -0.489 e. The Bertz CT molecular complexity index is 861. The third-order valence-corrected chi connectivity index (χ3v) is 4.98. The molecule has 2 N–H and O–H groups in total. The Labute approximate surface area is 161 Å². The molecule has 0 radical (unpaired) electrons. The van der Waals surface area contributed by atoms with Crippen molar-refractivity contribution in [2.75, 3.05) is 13.2 Å². The summed E-state index contributed by atoms with van der Waals surface area (Å²) in [5, 5.41) is 6.21. The van der Waals surface area contributed by atoms with E-state index in [1.54, 1.807) is 12.1 Å². The van der Waals surface area contributed by atoms with E-state index in [1.165, 1.54) is 12.1 Å². The van der Waals surface area contributed by atoms with Crippen molar-refractivity contribution in [3.05, 3.63) is 58.4 Å². The molecule has 27 heavy (non-hydrogen) atoms. The van der Waals surface area contributed by atoms with Crippen LogP contribution >= 0.6 is 11.6 Å². The molecule has 1 saturated carbocycles. The van der Waals surface area contributed by atoms with Crippen molar-refractivity contribution in [1.82, 2.24) is 10.6 Å². The van der Waals surface area contributed by atoms with Crippen LogP contribution < -0.4 is 20.1 Å². The van der Waals surface area contributed by atoms with Gasteiger partial charge in [0.2, 0.25) is 0 Å². The Morgan fingerprint density at radius 1 is 1.22 bits per heavy atom. The van der Waals surface area contributed by atoms with Gasteiger partial charge in [0.25, 0.3) is 0 Å². The standard InChI is InChI=1S/C20H20ClFN2O3/c21-16-7-12(8-18-19(16)27-6-2-5-26-18)11-23-20(25)24-17-10-15(17)13-3-1-4-14(22)9-13/h1,3-4,7-9,15,17H,2,5-6,10-11H2,(H2,23,24,25)/t15-,17-/m0/s1. The molecular formula is C20H20ClFN2O3. The summed E-state index contributed by atoms with van der Waals surface area (Å²) in [7, 11) is 0. The molecule has 0 aromatic heterocycles. The summed E-state index contributed by atoms with van der Waals surface area (Å²) in [5.74, 6) is 1.07. The number of ether oxygens (including phenoxy) is 2. The summed E-state index contributed by atoms with van der Waals surface area (Å²) in [6.07, 6.45) is 1.61. The Morgan fingerprint density at radius 3 is 2.93 bits per heavy atom. The van der Waals surface area contributed by atoms with Crippen molar-refractivity contribution in [3.63, 3.8) is 0 Å². The number of hydrogen-bond acceptors (Lipinski definition) is 3. The van der Waals surface area contributed by atoms with Crippen LogP contribution in [0.2, 0.25) is 5.02 Å². The highest BCUT2D eigenvalue weighted by atomic mass is 35.5. The van der Waals surface area contributed by atoms with Gasteiger partial charge in [0.15, 0.2) is 11.5 Å². The fourth-order valence-corrected chi connectivity index (χ4v) is 3.54. The van der Waals surface area contributed by atoms with Gasteiger partial charge < -0.3 is 20.1 Å². The van der Waals surface area contributed by atoms with Crippen LogP contribution in [-0.2, 0) is 6.54 Å². The molecule has 5 nitrogen and oxygen atoms in total. The van der Waals surface area contributed by atoms with E-state index in [2.05, 4.69) is 10.6 Å². The zero-order valence-corrected chi connectivity index (χ0v) is 15.4. The number of fused-ring (bicyclic) bond motifs is 1. The van der Waals surface area contributed by atoms with E-state index in [0.29, 0.717) is 36.3 Å². The number of urea groups is 1. The highest BCUT2D eigenvalue weighted by molar-refractivity contribution is 6.32. The minimum atomic E-state index is -0.262. The molecule has 2 amide bonds. The van der Waals surface area contributed by atoms with Crippen LogP contribution in [0.5, 0.6) is 11.5 Å². The zero-order chi connectivity index (χ0) is 18.8. The molecule has 1 fully saturated rings. The van der Waals surface area contributed by atoms with Crippen molar-refractivity contribution < 1.29 is 18.7 Å². The molecule has 0 spiro atoms. The normalized spacial score (nSPS) is 20.5. The lowest BCUT2D eigenvalue weighted by molar-refractivity contribution is 0.240. The number of amides is 2. The van der Waals surface area contributed by atoms with E-state index in [-0.39, 0.29) is 23.8 Å². The van der Waals surface area contributed by atoms with Gasteiger partial charge in [-0.2, -0.15) is 0 Å². The van der Waals surface area contributed by atoms with E-state index >= 15 is 0 Å². The SMILES string of the molecule is O=C(NCc1cc(Cl)c2c(c1)OCCCO2)N[C@H]1C[C@H]1c1cccc(F)c1. The number of nitrogens with one attached hydrogen (secondary N) is 2. The first-order valence-electron chi connectivity index (χ1n) is 8.98. The Morgan fingerprint density at radius 2 is 2.07 bits per heavy atom. The lowest BCUT2D eigenvalue weighted by Gasteiger charge is -2.12. The monoisotopic (exact) mass is 390 g/mol. The third kappa shape index (κ3) is 4.27. The van der Waals surface area contributed by atoms with Gasteiger partial charge >= 0.3 is 6.03 Å². The fourth-order valence-electron chi connectivity index (χ4n) is 3.25. The van der Waals surface area contributed by atoms with Gasteiger partial charge in [0.1, 0.15) is 5.82 Å². The van der Waals surface area contributed by atoms with Crippen LogP contribution in [0.1, 0.15) is 29.9 Å². The quantitative estimate of drug-likeness (QED) is 0.829. The number of carbonyl (C=O) groups excluding carboxylic acids is 1. The second-order valence-corrected chi connectivity index (χ2v) is 7.19. The van der Waals surface area contributed by atoms with Gasteiger partial charge in [-0.1, -0.05) is 23.7 Å². The van der Waals surface area contributed by atoms with Crippen LogP contribution in [0.15, 0.2) is 36.4 Å². The summed E-state index contributed by atoms with van der Waals surface area (Å²) < 4.78 is 24.6. The summed E-state index contributed by atoms with van der Waals surface area (Å²) in [6, 6.07) is 9.87. The molecule has 0 saturated heterocycles. The predicted molar refractivity (Wildman–Crippen MR) is 100.0 cm³/mol. The average Bonchev–Trinajstić information content (AvgIpc) is 3.43. The van der Waals surface area contributed by atoms with Crippen molar-refractivity contribution in [3.8, 4) is 11.5 Å². The number of hydrogen-bond donors (Lipinski definition) is 2. The highest BCUT2D eigenvalue weighted by Crippen LogP contribution is 2.41. The first kappa shape index (κ1) is 17.9. The van der Waals surface area contributed by atoms with Crippen molar-refractivity contribution in [2.24, 2.45) is 0 Å². The second-order valence-electron chi connectivity index (χ2n) is 6.79. The molecule has 0 bridgehead atoms. The summed E-state index contributed by atoms with van der Waals surface area (Å²) in [5.41, 5.74) is 1.74. The van der Waals surface area contributed by atoms with Crippen LogP contribution in [0.3, 0.4) is 0 Å². The molecule has 1 aliphatic carbocycles. The molecule has 2 aromatic rings. The van der Waals surface area contributed by atoms with Crippen molar-refractivity contribution in [1.29, 1.82) is 0 Å². The topological polar surface area (TPSA) is 59.6 Å². The molecular weight excluding hydrogens is 371 g/mol. The maximum absolute atomic E-state index is 13.3. The Balaban J connectivity index is 1.31. The zero-order valence-electron chi connectivity index (χ0n) is 14.6. The maximum atomic E-state index is 13.3. The molecule has 7 heteroatoms. The number of carbonyl (C=O) groups is 1. The number of benzene rings is 2. The van der Waals surface area contributed by atoms with Crippen molar-refractivity contribution in [2.45, 2.75) is 31.3 Å². The molecule has 1 aliphatic heterocycles. The molecule has 2 atom stereocenters. The van der Waals surface area contributed by atoms with E-state index in [4.69, 9.17) is 21.1 Å². The number of halogens is 2. The van der Waals surface area contributed by atoms with E-state index in [9.17, 15) is 9.18 Å². The summed E-state index contributed by atoms with van der Waals surface area (Å²) >= 11 is 6.27. The van der Waals surface area contributed by atoms with Gasteiger partial charge in [-0.05, 0) is 41.8 Å². The second kappa shape index (κ2) is 7.64. The minimum absolute atomic E-state index is 0.0270.